The maximum Gasteiger partial charge on any atom is 0.264 e. The number of nitrogens with one attached hydrogen (secondary N) is 1. The third kappa shape index (κ3) is 6.32. The van der Waals surface area contributed by atoms with Crippen LogP contribution in [0, 0.1) is 5.82 Å². The van der Waals surface area contributed by atoms with Crippen LogP contribution in [0.5, 0.6) is 11.5 Å². The Labute approximate surface area is 233 Å². The zero-order valence-corrected chi connectivity index (χ0v) is 23.2. The molecule has 0 radical (unpaired) electrons. The lowest BCUT2D eigenvalue weighted by molar-refractivity contribution is 0.0624. The Morgan fingerprint density at radius 1 is 1.12 bits per heavy atom. The van der Waals surface area contributed by atoms with E-state index in [0.29, 0.717) is 55.2 Å². The Kier molecular flexibility index (Phi) is 8.86. The Balaban J connectivity index is 1.43. The van der Waals surface area contributed by atoms with Gasteiger partial charge in [-0.05, 0) is 29.8 Å². The molecular weight excluding hydrogens is 535 g/mol. The number of sulfonamides is 1. The van der Waals surface area contributed by atoms with Crippen LogP contribution in [0.4, 0.5) is 10.1 Å². The van der Waals surface area contributed by atoms with Crippen molar-refractivity contribution in [3.8, 4) is 11.5 Å². The first-order valence-corrected chi connectivity index (χ1v) is 14.0. The number of ether oxygens (including phenoxy) is 2. The summed E-state index contributed by atoms with van der Waals surface area (Å²) >= 11 is 0. The van der Waals surface area contributed by atoms with E-state index in [-0.39, 0.29) is 33.8 Å². The van der Waals surface area contributed by atoms with Crippen LogP contribution in [-0.4, -0.2) is 70.2 Å². The van der Waals surface area contributed by atoms with Crippen molar-refractivity contribution >= 4 is 27.3 Å². The lowest BCUT2D eigenvalue weighted by Crippen LogP contribution is -2.48. The lowest BCUT2D eigenvalue weighted by Gasteiger charge is -2.35. The SMILES string of the molecule is C=CN=C1C(=C)C=CC=C1S(=O)(=O)Nc1ccc(C(=O)N2CCN(Cc3ccc(OC)cc3F)CC2)c(OC)c1. The lowest BCUT2D eigenvalue weighted by atomic mass is 10.1. The van der Waals surface area contributed by atoms with Crippen LogP contribution in [0.1, 0.15) is 15.9 Å². The topological polar surface area (TPSA) is 101 Å². The standard InChI is InChI=1S/C29H31FN4O5S/c1-5-31-28-20(2)7-6-8-27(28)40(36,37)32-22-10-12-24(26(17-22)39-4)29(35)34-15-13-33(14-16-34)19-21-9-11-23(38-3)18-25(21)30/h5-12,17-18,32H,1-2,13-16,19H2,3-4H3. The van der Waals surface area contributed by atoms with Crippen molar-refractivity contribution in [2.75, 3.05) is 45.1 Å². The molecule has 1 fully saturated rings. The van der Waals surface area contributed by atoms with Crippen molar-refractivity contribution in [2.24, 2.45) is 4.99 Å². The maximum atomic E-state index is 14.4. The zero-order valence-electron chi connectivity index (χ0n) is 22.4. The first-order chi connectivity index (χ1) is 19.2. The molecule has 1 heterocycles. The number of hydrogen-bond donors (Lipinski definition) is 1. The number of rotatable bonds is 9. The van der Waals surface area contributed by atoms with E-state index in [1.54, 1.807) is 29.2 Å². The second kappa shape index (κ2) is 12.3. The molecular formula is C29H31FN4O5S. The van der Waals surface area contributed by atoms with Crippen molar-refractivity contribution in [1.29, 1.82) is 0 Å². The highest BCUT2D eigenvalue weighted by atomic mass is 32.2. The van der Waals surface area contributed by atoms with Gasteiger partial charge in [-0.2, -0.15) is 0 Å². The van der Waals surface area contributed by atoms with Crippen molar-refractivity contribution in [1.82, 2.24) is 9.80 Å². The average Bonchev–Trinajstić information content (AvgIpc) is 2.95. The molecule has 0 atom stereocenters. The number of methoxy groups -OCH3 is 2. The van der Waals surface area contributed by atoms with Gasteiger partial charge in [-0.25, -0.2) is 12.8 Å². The number of halogens is 1. The number of nitrogens with zero attached hydrogens (tertiary/aromatic N) is 3. The molecule has 1 amide bonds. The predicted molar refractivity (Wildman–Crippen MR) is 154 cm³/mol. The van der Waals surface area contributed by atoms with Crippen molar-refractivity contribution < 1.29 is 27.1 Å². The molecule has 1 aliphatic carbocycles. The molecule has 4 rings (SSSR count). The molecule has 0 bridgehead atoms. The van der Waals surface area contributed by atoms with Gasteiger partial charge in [0.25, 0.3) is 15.9 Å². The highest BCUT2D eigenvalue weighted by Crippen LogP contribution is 2.28. The zero-order chi connectivity index (χ0) is 28.9. The number of hydrogen-bond acceptors (Lipinski definition) is 7. The summed E-state index contributed by atoms with van der Waals surface area (Å²) in [6.45, 7) is 9.84. The van der Waals surface area contributed by atoms with Crippen LogP contribution in [0.25, 0.3) is 0 Å². The fraction of sp³-hybridized carbons (Fsp3) is 0.241. The number of benzene rings is 2. The van der Waals surface area contributed by atoms with Crippen molar-refractivity contribution in [3.63, 3.8) is 0 Å². The molecule has 40 heavy (non-hydrogen) atoms. The molecule has 1 N–H and O–H groups in total. The van der Waals surface area contributed by atoms with E-state index in [1.807, 2.05) is 0 Å². The summed E-state index contributed by atoms with van der Waals surface area (Å²) in [7, 11) is -1.12. The van der Waals surface area contributed by atoms with Crippen LogP contribution in [0.3, 0.4) is 0 Å². The van der Waals surface area contributed by atoms with E-state index >= 15 is 0 Å². The minimum atomic E-state index is -4.03. The summed E-state index contributed by atoms with van der Waals surface area (Å²) < 4.78 is 53.7. The molecule has 1 saturated heterocycles. The molecule has 2 aromatic rings. The summed E-state index contributed by atoms with van der Waals surface area (Å²) in [6.07, 6.45) is 5.91. The van der Waals surface area contributed by atoms with E-state index in [0.717, 1.165) is 0 Å². The number of amides is 1. The Hall–Kier alpha value is -4.22. The molecule has 1 aliphatic heterocycles. The molecule has 2 aromatic carbocycles. The summed E-state index contributed by atoms with van der Waals surface area (Å²) in [5, 5.41) is 0. The second-order valence-corrected chi connectivity index (χ2v) is 10.8. The smallest absolute Gasteiger partial charge is 0.264 e. The van der Waals surface area contributed by atoms with Crippen LogP contribution in [-0.2, 0) is 16.6 Å². The number of aliphatic imine (C=N–C) groups is 1. The third-order valence-electron chi connectivity index (χ3n) is 6.59. The van der Waals surface area contributed by atoms with Gasteiger partial charge in [0.05, 0.1) is 31.2 Å². The van der Waals surface area contributed by atoms with Gasteiger partial charge in [0.15, 0.2) is 0 Å². The third-order valence-corrected chi connectivity index (χ3v) is 8.00. The molecule has 2 aliphatic rings. The fourth-order valence-electron chi connectivity index (χ4n) is 4.47. The number of carbonyl (C=O) groups is 1. The second-order valence-electron chi connectivity index (χ2n) is 9.12. The van der Waals surface area contributed by atoms with Crippen molar-refractivity contribution in [2.45, 2.75) is 6.54 Å². The van der Waals surface area contributed by atoms with Crippen LogP contribution in [0.2, 0.25) is 0 Å². The Morgan fingerprint density at radius 2 is 1.88 bits per heavy atom. The fourth-order valence-corrected chi connectivity index (χ4v) is 5.71. The van der Waals surface area contributed by atoms with E-state index in [2.05, 4.69) is 27.8 Å². The first kappa shape index (κ1) is 28.8. The predicted octanol–water partition coefficient (Wildman–Crippen LogP) is 4.14. The van der Waals surface area contributed by atoms with Gasteiger partial charge in [0.2, 0.25) is 0 Å². The van der Waals surface area contributed by atoms with Gasteiger partial charge in [-0.15, -0.1) is 0 Å². The van der Waals surface area contributed by atoms with Gasteiger partial charge in [-0.1, -0.05) is 31.4 Å². The minimum Gasteiger partial charge on any atom is -0.497 e. The summed E-state index contributed by atoms with van der Waals surface area (Å²) in [4.78, 5) is 21.1. The first-order valence-electron chi connectivity index (χ1n) is 12.5. The van der Waals surface area contributed by atoms with E-state index < -0.39 is 10.0 Å². The van der Waals surface area contributed by atoms with Gasteiger partial charge in [-0.3, -0.25) is 19.4 Å². The summed E-state index contributed by atoms with van der Waals surface area (Å²) in [5.74, 6) is 0.127. The van der Waals surface area contributed by atoms with E-state index in [9.17, 15) is 17.6 Å². The van der Waals surface area contributed by atoms with Gasteiger partial charge < -0.3 is 14.4 Å². The number of piperazine rings is 1. The largest absolute Gasteiger partial charge is 0.497 e. The average molecular weight is 567 g/mol. The van der Waals surface area contributed by atoms with Gasteiger partial charge in [0, 0.05) is 56.6 Å². The molecule has 0 spiro atoms. The molecule has 0 saturated carbocycles. The number of carbonyl (C=O) groups excluding carboxylic acids is 1. The minimum absolute atomic E-state index is 0.0496. The van der Waals surface area contributed by atoms with Crippen LogP contribution in [0.15, 0.2) is 89.5 Å². The van der Waals surface area contributed by atoms with Gasteiger partial charge in [0.1, 0.15) is 22.2 Å². The maximum absolute atomic E-state index is 14.4. The molecule has 0 aromatic heterocycles. The molecule has 210 valence electrons. The Morgan fingerprint density at radius 3 is 2.52 bits per heavy atom. The normalized spacial score (nSPS) is 17.0. The quantitative estimate of drug-likeness (QED) is 0.490. The van der Waals surface area contributed by atoms with Gasteiger partial charge >= 0.3 is 0 Å². The summed E-state index contributed by atoms with van der Waals surface area (Å²) in [6, 6.07) is 9.29. The monoisotopic (exact) mass is 566 g/mol. The summed E-state index contributed by atoms with van der Waals surface area (Å²) in [5.41, 5.74) is 1.72. The number of anilines is 1. The Bertz CT molecular complexity index is 1520. The van der Waals surface area contributed by atoms with Crippen LogP contribution < -0.4 is 14.2 Å². The molecule has 11 heteroatoms. The van der Waals surface area contributed by atoms with E-state index in [4.69, 9.17) is 9.47 Å². The highest BCUT2D eigenvalue weighted by molar-refractivity contribution is 7.97. The highest BCUT2D eigenvalue weighted by Gasteiger charge is 2.28. The molecule has 0 unspecified atom stereocenters. The van der Waals surface area contributed by atoms with Crippen molar-refractivity contribution in [3.05, 3.63) is 101 Å². The number of allylic oxidation sites excluding steroid dienone is 5. The van der Waals surface area contributed by atoms with Crippen LogP contribution >= 0.6 is 0 Å². The molecule has 9 nitrogen and oxygen atoms in total. The van der Waals surface area contributed by atoms with E-state index in [1.165, 1.54) is 50.8 Å².